The first-order chi connectivity index (χ1) is 9.84. The maximum absolute atomic E-state index is 2.34. The third-order valence-electron chi connectivity index (χ3n) is 4.71. The second kappa shape index (κ2) is 8.47. The van der Waals surface area contributed by atoms with Gasteiger partial charge in [-0.1, -0.05) is 73.2 Å². The molecular formula is C20H18Cl2Zr. The molecule has 2 aliphatic rings. The predicted molar refractivity (Wildman–Crippen MR) is 84.9 cm³/mol. The van der Waals surface area contributed by atoms with Crippen LogP contribution in [0.5, 0.6) is 0 Å². The van der Waals surface area contributed by atoms with Gasteiger partial charge >= 0.3 is 26.2 Å². The van der Waals surface area contributed by atoms with Crippen molar-refractivity contribution in [1.29, 1.82) is 0 Å². The standard InChI is InChI=1S/C20H18.2ClH.Zr/c1-14(15-7-2-3-8-15)17-11-6-12-19-18-10-5-4-9-16(18)13-20(17)19;;;/h2-7,9-12,14H,8,13H2,1H3;2*1H;/q;;;+2/p-2. The van der Waals surface area contributed by atoms with Crippen LogP contribution in [0.1, 0.15) is 36.0 Å². The summed E-state index contributed by atoms with van der Waals surface area (Å²) < 4.78 is 0. The molecule has 0 bridgehead atoms. The first-order valence-corrected chi connectivity index (χ1v) is 7.40. The molecule has 4 rings (SSSR count). The van der Waals surface area contributed by atoms with E-state index in [1.54, 1.807) is 0 Å². The number of hydrogen-bond donors (Lipinski definition) is 0. The number of halogens is 2. The molecule has 0 radical (unpaired) electrons. The molecule has 0 fully saturated rings. The SMILES string of the molecule is CC(C1=CC=CC1)c1cccc2c1Cc1ccccc1-2.[Cl-].[Cl-].[Zr+2]. The van der Waals surface area contributed by atoms with E-state index in [1.165, 1.54) is 33.4 Å². The van der Waals surface area contributed by atoms with Gasteiger partial charge in [-0.05, 0) is 40.7 Å². The Morgan fingerprint density at radius 3 is 2.39 bits per heavy atom. The summed E-state index contributed by atoms with van der Waals surface area (Å²) in [6.07, 6.45) is 8.92. The zero-order chi connectivity index (χ0) is 13.5. The van der Waals surface area contributed by atoms with E-state index in [9.17, 15) is 0 Å². The second-order valence-corrected chi connectivity index (χ2v) is 5.80. The van der Waals surface area contributed by atoms with E-state index in [0.29, 0.717) is 5.92 Å². The average molecular weight is 420 g/mol. The summed E-state index contributed by atoms with van der Waals surface area (Å²) in [4.78, 5) is 0. The van der Waals surface area contributed by atoms with Crippen molar-refractivity contribution >= 4 is 0 Å². The Hall–Kier alpha value is -0.617. The Labute approximate surface area is 170 Å². The molecule has 0 saturated heterocycles. The molecule has 0 aromatic heterocycles. The molecule has 0 N–H and O–H groups in total. The number of benzene rings is 2. The summed E-state index contributed by atoms with van der Waals surface area (Å²) in [6, 6.07) is 15.6. The Balaban J connectivity index is 0.000000882. The molecule has 0 saturated carbocycles. The van der Waals surface area contributed by atoms with Gasteiger partial charge in [0.1, 0.15) is 0 Å². The van der Waals surface area contributed by atoms with Crippen LogP contribution in [0.3, 0.4) is 0 Å². The summed E-state index contributed by atoms with van der Waals surface area (Å²) in [5.74, 6) is 0.522. The molecule has 2 aromatic rings. The number of hydrogen-bond acceptors (Lipinski definition) is 0. The van der Waals surface area contributed by atoms with E-state index in [-0.39, 0.29) is 51.0 Å². The molecular weight excluding hydrogens is 402 g/mol. The van der Waals surface area contributed by atoms with Gasteiger partial charge < -0.3 is 24.8 Å². The maximum Gasteiger partial charge on any atom is 2.00 e. The van der Waals surface area contributed by atoms with Gasteiger partial charge in [0.2, 0.25) is 0 Å². The molecule has 0 heterocycles. The minimum atomic E-state index is 0. The van der Waals surface area contributed by atoms with Crippen LogP contribution >= 0.6 is 0 Å². The Morgan fingerprint density at radius 1 is 0.913 bits per heavy atom. The van der Waals surface area contributed by atoms with Gasteiger partial charge in [0, 0.05) is 5.92 Å². The van der Waals surface area contributed by atoms with Crippen molar-refractivity contribution in [3.8, 4) is 11.1 Å². The normalized spacial score (nSPS) is 14.6. The summed E-state index contributed by atoms with van der Waals surface area (Å²) in [7, 11) is 0. The topological polar surface area (TPSA) is 0 Å². The van der Waals surface area contributed by atoms with E-state index in [2.05, 4.69) is 67.6 Å². The van der Waals surface area contributed by atoms with Crippen molar-refractivity contribution in [2.45, 2.75) is 25.7 Å². The summed E-state index contributed by atoms with van der Waals surface area (Å²) in [5.41, 5.74) is 8.92. The van der Waals surface area contributed by atoms with E-state index < -0.39 is 0 Å². The van der Waals surface area contributed by atoms with Gasteiger partial charge in [-0.3, -0.25) is 0 Å². The van der Waals surface area contributed by atoms with Crippen LogP contribution in [0, 0.1) is 0 Å². The molecule has 0 spiro atoms. The Bertz CT molecular complexity index is 747. The summed E-state index contributed by atoms with van der Waals surface area (Å²) in [6.45, 7) is 2.34. The maximum atomic E-state index is 2.34. The van der Waals surface area contributed by atoms with Crippen LogP contribution in [0.25, 0.3) is 11.1 Å². The molecule has 1 unspecified atom stereocenters. The van der Waals surface area contributed by atoms with Crippen LogP contribution in [0.2, 0.25) is 0 Å². The van der Waals surface area contributed by atoms with Crippen molar-refractivity contribution < 1.29 is 51.0 Å². The smallest absolute Gasteiger partial charge is 1.00 e. The van der Waals surface area contributed by atoms with Crippen molar-refractivity contribution in [1.82, 2.24) is 0 Å². The number of fused-ring (bicyclic) bond motifs is 3. The fraction of sp³-hybridized carbons (Fsp3) is 0.200. The van der Waals surface area contributed by atoms with E-state index >= 15 is 0 Å². The van der Waals surface area contributed by atoms with Gasteiger partial charge in [-0.15, -0.1) is 0 Å². The Morgan fingerprint density at radius 2 is 1.65 bits per heavy atom. The summed E-state index contributed by atoms with van der Waals surface area (Å²) in [5, 5.41) is 0. The summed E-state index contributed by atoms with van der Waals surface area (Å²) >= 11 is 0. The largest absolute Gasteiger partial charge is 2.00 e. The molecule has 0 nitrogen and oxygen atoms in total. The van der Waals surface area contributed by atoms with Gasteiger partial charge in [0.25, 0.3) is 0 Å². The minimum Gasteiger partial charge on any atom is -1.00 e. The first kappa shape index (κ1) is 20.4. The molecule has 116 valence electrons. The van der Waals surface area contributed by atoms with E-state index in [4.69, 9.17) is 0 Å². The molecule has 23 heavy (non-hydrogen) atoms. The molecule has 1 atom stereocenters. The van der Waals surface area contributed by atoms with Gasteiger partial charge in [-0.2, -0.15) is 0 Å². The van der Waals surface area contributed by atoms with Crippen molar-refractivity contribution in [2.24, 2.45) is 0 Å². The molecule has 2 aliphatic carbocycles. The predicted octanol–water partition coefficient (Wildman–Crippen LogP) is -0.747. The van der Waals surface area contributed by atoms with Crippen LogP contribution in [0.15, 0.2) is 66.3 Å². The second-order valence-electron chi connectivity index (χ2n) is 5.80. The average Bonchev–Trinajstić information content (AvgIpc) is 3.13. The zero-order valence-electron chi connectivity index (χ0n) is 13.0. The third-order valence-corrected chi connectivity index (χ3v) is 4.71. The van der Waals surface area contributed by atoms with Crippen LogP contribution in [0.4, 0.5) is 0 Å². The monoisotopic (exact) mass is 418 g/mol. The van der Waals surface area contributed by atoms with Crippen molar-refractivity contribution in [3.05, 3.63) is 83.0 Å². The van der Waals surface area contributed by atoms with Crippen LogP contribution in [-0.2, 0) is 32.6 Å². The molecule has 0 aliphatic heterocycles. The van der Waals surface area contributed by atoms with Crippen molar-refractivity contribution in [2.75, 3.05) is 0 Å². The minimum absolute atomic E-state index is 0. The van der Waals surface area contributed by atoms with Gasteiger partial charge in [0.15, 0.2) is 0 Å². The fourth-order valence-electron chi connectivity index (χ4n) is 3.57. The van der Waals surface area contributed by atoms with Crippen molar-refractivity contribution in [3.63, 3.8) is 0 Å². The van der Waals surface area contributed by atoms with Gasteiger partial charge in [-0.25, -0.2) is 0 Å². The van der Waals surface area contributed by atoms with Crippen LogP contribution < -0.4 is 24.8 Å². The third kappa shape index (κ3) is 3.58. The Kier molecular flexibility index (Phi) is 7.52. The van der Waals surface area contributed by atoms with E-state index in [1.807, 2.05) is 0 Å². The molecule has 3 heteroatoms. The number of rotatable bonds is 2. The van der Waals surface area contributed by atoms with Crippen LogP contribution in [-0.4, -0.2) is 0 Å². The van der Waals surface area contributed by atoms with E-state index in [0.717, 1.165) is 12.8 Å². The van der Waals surface area contributed by atoms with Gasteiger partial charge in [0.05, 0.1) is 0 Å². The number of allylic oxidation sites excluding steroid dienone is 4. The molecule has 2 aromatic carbocycles. The molecule has 0 amide bonds. The first-order valence-electron chi connectivity index (χ1n) is 7.40. The quantitative estimate of drug-likeness (QED) is 0.512. The zero-order valence-corrected chi connectivity index (χ0v) is 17.0. The fourth-order valence-corrected chi connectivity index (χ4v) is 3.57.